The maximum Gasteiger partial charge on any atom is 0.276 e. The highest BCUT2D eigenvalue weighted by Gasteiger charge is 2.33. The molecule has 0 N–H and O–H groups in total. The van der Waals surface area contributed by atoms with Crippen LogP contribution in [0, 0.1) is 5.82 Å². The van der Waals surface area contributed by atoms with Crippen LogP contribution in [0.4, 0.5) is 4.39 Å². The Labute approximate surface area is 167 Å². The van der Waals surface area contributed by atoms with E-state index in [1.54, 1.807) is 18.2 Å². The van der Waals surface area contributed by atoms with Crippen LogP contribution in [0.15, 0.2) is 45.4 Å². The molecule has 3 aromatic rings. The molecule has 1 saturated carbocycles. The Balaban J connectivity index is 1.41. The normalized spacial score (nSPS) is 19.9. The Morgan fingerprint density at radius 2 is 1.83 bits per heavy atom. The van der Waals surface area contributed by atoms with Crippen molar-refractivity contribution in [2.45, 2.75) is 50.5 Å². The summed E-state index contributed by atoms with van der Waals surface area (Å²) in [5.74, 6) is 1.36. The van der Waals surface area contributed by atoms with E-state index >= 15 is 0 Å². The molecular weight excluding hydrogens is 373 g/mol. The van der Waals surface area contributed by atoms with E-state index in [4.69, 9.17) is 9.05 Å². The van der Waals surface area contributed by atoms with E-state index in [-0.39, 0.29) is 17.8 Å². The molecule has 1 aliphatic heterocycles. The van der Waals surface area contributed by atoms with Gasteiger partial charge in [-0.15, -0.1) is 0 Å². The quantitative estimate of drug-likeness (QED) is 0.614. The van der Waals surface area contributed by atoms with Gasteiger partial charge in [0.1, 0.15) is 17.3 Å². The van der Waals surface area contributed by atoms with Crippen LogP contribution in [-0.4, -0.2) is 27.7 Å². The van der Waals surface area contributed by atoms with Gasteiger partial charge in [-0.1, -0.05) is 23.2 Å². The third-order valence-corrected chi connectivity index (χ3v) is 5.74. The van der Waals surface area contributed by atoms with E-state index in [0.717, 1.165) is 49.8 Å². The topological polar surface area (TPSA) is 72.4 Å². The average molecular weight is 395 g/mol. The Morgan fingerprint density at radius 3 is 2.62 bits per heavy atom. The number of nitrogens with zero attached hydrogens (tertiary/aromatic N) is 3. The van der Waals surface area contributed by atoms with Crippen molar-refractivity contribution < 1.29 is 18.2 Å². The van der Waals surface area contributed by atoms with Crippen molar-refractivity contribution in [2.24, 2.45) is 0 Å². The molecule has 1 saturated heterocycles. The molecule has 29 heavy (non-hydrogen) atoms. The van der Waals surface area contributed by atoms with E-state index < -0.39 is 0 Å². The van der Waals surface area contributed by atoms with Crippen molar-refractivity contribution in [3.8, 4) is 11.3 Å². The van der Waals surface area contributed by atoms with Crippen LogP contribution < -0.4 is 0 Å². The summed E-state index contributed by atoms with van der Waals surface area (Å²) >= 11 is 0. The summed E-state index contributed by atoms with van der Waals surface area (Å²) in [7, 11) is 0. The van der Waals surface area contributed by atoms with Gasteiger partial charge in [0.05, 0.1) is 6.04 Å². The number of rotatable bonds is 4. The molecule has 0 bridgehead atoms. The zero-order valence-corrected chi connectivity index (χ0v) is 16.0. The number of hydrogen-bond donors (Lipinski definition) is 0. The third-order valence-electron chi connectivity index (χ3n) is 5.74. The minimum Gasteiger partial charge on any atom is -0.360 e. The maximum atomic E-state index is 13.2. The standard InChI is InChI=1S/C22H22FN3O3/c23-16-9-7-15(8-10-16)20-12-17(24-28-20)19-4-2-1-3-11-26(19)22(27)18-13-21(29-25-18)14-5-6-14/h7-10,12-14,19H,1-6,11H2/t19-/m0/s1. The molecule has 150 valence electrons. The fraction of sp³-hybridized carbons (Fsp3) is 0.409. The highest BCUT2D eigenvalue weighted by atomic mass is 19.1. The second-order valence-corrected chi connectivity index (χ2v) is 7.88. The van der Waals surface area contributed by atoms with Gasteiger partial charge in [0, 0.05) is 30.2 Å². The van der Waals surface area contributed by atoms with Gasteiger partial charge in [0.25, 0.3) is 5.91 Å². The number of benzene rings is 1. The van der Waals surface area contributed by atoms with Crippen LogP contribution in [0.2, 0.25) is 0 Å². The molecule has 1 aliphatic carbocycles. The maximum absolute atomic E-state index is 13.2. The van der Waals surface area contributed by atoms with Crippen molar-refractivity contribution >= 4 is 5.91 Å². The van der Waals surface area contributed by atoms with Crippen molar-refractivity contribution in [3.05, 3.63) is 59.4 Å². The molecule has 0 spiro atoms. The van der Waals surface area contributed by atoms with E-state index in [1.165, 1.54) is 12.1 Å². The van der Waals surface area contributed by atoms with Crippen molar-refractivity contribution in [1.29, 1.82) is 0 Å². The first-order chi connectivity index (χ1) is 14.2. The Hall–Kier alpha value is -2.96. The number of hydrogen-bond acceptors (Lipinski definition) is 5. The summed E-state index contributed by atoms with van der Waals surface area (Å²) < 4.78 is 24.1. The number of carbonyl (C=O) groups is 1. The molecule has 5 rings (SSSR count). The molecule has 1 atom stereocenters. The van der Waals surface area contributed by atoms with Gasteiger partial charge in [0.15, 0.2) is 11.5 Å². The van der Waals surface area contributed by atoms with Gasteiger partial charge < -0.3 is 13.9 Å². The lowest BCUT2D eigenvalue weighted by atomic mass is 10.0. The molecule has 0 unspecified atom stereocenters. The zero-order valence-electron chi connectivity index (χ0n) is 16.0. The van der Waals surface area contributed by atoms with Crippen LogP contribution in [0.25, 0.3) is 11.3 Å². The highest BCUT2D eigenvalue weighted by molar-refractivity contribution is 5.92. The highest BCUT2D eigenvalue weighted by Crippen LogP contribution is 2.40. The Bertz CT molecular complexity index is 1010. The molecular formula is C22H22FN3O3. The van der Waals surface area contributed by atoms with Crippen LogP contribution in [0.1, 0.15) is 72.4 Å². The summed E-state index contributed by atoms with van der Waals surface area (Å²) in [5, 5.41) is 8.27. The van der Waals surface area contributed by atoms with Gasteiger partial charge in [-0.05, 0) is 49.9 Å². The fourth-order valence-corrected chi connectivity index (χ4v) is 3.95. The predicted octanol–water partition coefficient (Wildman–Crippen LogP) is 5.10. The minimum atomic E-state index is -0.299. The van der Waals surface area contributed by atoms with Crippen molar-refractivity contribution in [3.63, 3.8) is 0 Å². The number of aromatic nitrogens is 2. The molecule has 1 aromatic carbocycles. The largest absolute Gasteiger partial charge is 0.360 e. The average Bonchev–Trinajstić information content (AvgIpc) is 3.35. The zero-order chi connectivity index (χ0) is 19.8. The van der Waals surface area contributed by atoms with Crippen LogP contribution in [0.5, 0.6) is 0 Å². The van der Waals surface area contributed by atoms with E-state index in [9.17, 15) is 9.18 Å². The molecule has 0 radical (unpaired) electrons. The number of likely N-dealkylation sites (tertiary alicyclic amines) is 1. The molecule has 6 nitrogen and oxygen atoms in total. The predicted molar refractivity (Wildman–Crippen MR) is 103 cm³/mol. The SMILES string of the molecule is O=C(c1cc(C2CC2)on1)N1CCCCC[C@H]1c1cc(-c2ccc(F)cc2)on1. The van der Waals surface area contributed by atoms with E-state index in [0.29, 0.717) is 29.6 Å². The van der Waals surface area contributed by atoms with Crippen LogP contribution in [0.3, 0.4) is 0 Å². The van der Waals surface area contributed by atoms with E-state index in [2.05, 4.69) is 10.3 Å². The van der Waals surface area contributed by atoms with Crippen molar-refractivity contribution in [1.82, 2.24) is 15.2 Å². The van der Waals surface area contributed by atoms with E-state index in [1.807, 2.05) is 11.0 Å². The molecule has 2 fully saturated rings. The lowest BCUT2D eigenvalue weighted by Gasteiger charge is -2.27. The van der Waals surface area contributed by atoms with Gasteiger partial charge >= 0.3 is 0 Å². The van der Waals surface area contributed by atoms with Crippen molar-refractivity contribution in [2.75, 3.05) is 6.54 Å². The summed E-state index contributed by atoms with van der Waals surface area (Å²) in [5.41, 5.74) is 1.83. The van der Waals surface area contributed by atoms with Gasteiger partial charge in [-0.25, -0.2) is 4.39 Å². The molecule has 3 heterocycles. The first kappa shape index (κ1) is 18.1. The number of amides is 1. The lowest BCUT2D eigenvalue weighted by molar-refractivity contribution is 0.0663. The van der Waals surface area contributed by atoms with Gasteiger partial charge in [0.2, 0.25) is 0 Å². The second kappa shape index (κ2) is 7.46. The molecule has 7 heteroatoms. The summed E-state index contributed by atoms with van der Waals surface area (Å²) in [6.45, 7) is 0.647. The fourth-order valence-electron chi connectivity index (χ4n) is 3.95. The van der Waals surface area contributed by atoms with Gasteiger partial charge in [-0.2, -0.15) is 0 Å². The first-order valence-electron chi connectivity index (χ1n) is 10.2. The second-order valence-electron chi connectivity index (χ2n) is 7.88. The van der Waals surface area contributed by atoms with Crippen LogP contribution >= 0.6 is 0 Å². The Morgan fingerprint density at radius 1 is 1.00 bits per heavy atom. The molecule has 1 amide bonds. The minimum absolute atomic E-state index is 0.126. The summed E-state index contributed by atoms with van der Waals surface area (Å²) in [4.78, 5) is 15.1. The number of carbonyl (C=O) groups excluding carboxylic acids is 1. The van der Waals surface area contributed by atoms with Crippen LogP contribution in [-0.2, 0) is 0 Å². The van der Waals surface area contributed by atoms with Gasteiger partial charge in [-0.3, -0.25) is 4.79 Å². The summed E-state index contributed by atoms with van der Waals surface area (Å²) in [6.07, 6.45) is 6.03. The number of halogens is 1. The summed E-state index contributed by atoms with van der Waals surface area (Å²) in [6, 6.07) is 9.55. The monoisotopic (exact) mass is 395 g/mol. The molecule has 2 aromatic heterocycles. The smallest absolute Gasteiger partial charge is 0.276 e. The third kappa shape index (κ3) is 3.69. The Kier molecular flexibility index (Phi) is 4.66. The molecule has 2 aliphatic rings. The first-order valence-corrected chi connectivity index (χ1v) is 10.2. The lowest BCUT2D eigenvalue weighted by Crippen LogP contribution is -2.35.